The molecular formula is C17H23IO5. The van der Waals surface area contributed by atoms with Crippen molar-refractivity contribution in [1.29, 1.82) is 0 Å². The van der Waals surface area contributed by atoms with Crippen LogP contribution in [0, 0.1) is 0 Å². The first kappa shape index (κ1) is 17.4. The van der Waals surface area contributed by atoms with Crippen molar-refractivity contribution in [3.05, 3.63) is 29.8 Å². The molecule has 3 rings (SSSR count). The van der Waals surface area contributed by atoms with Gasteiger partial charge in [0, 0.05) is 4.43 Å². The fraction of sp³-hybridized carbons (Fsp3) is 0.647. The van der Waals surface area contributed by atoms with Gasteiger partial charge in [-0.3, -0.25) is 0 Å². The zero-order valence-corrected chi connectivity index (χ0v) is 15.8. The quantitative estimate of drug-likeness (QED) is 0.509. The maximum absolute atomic E-state index is 6.04. The Labute approximate surface area is 150 Å². The molecule has 0 bridgehead atoms. The Morgan fingerprint density at radius 3 is 2.35 bits per heavy atom. The van der Waals surface area contributed by atoms with Gasteiger partial charge >= 0.3 is 0 Å². The number of rotatable bonds is 6. The minimum atomic E-state index is -0.544. The van der Waals surface area contributed by atoms with Crippen molar-refractivity contribution in [2.75, 3.05) is 18.1 Å². The number of benzene rings is 1. The fourth-order valence-electron chi connectivity index (χ4n) is 3.04. The number of alkyl halides is 1. The van der Waals surface area contributed by atoms with E-state index in [9.17, 15) is 0 Å². The lowest BCUT2D eigenvalue weighted by Gasteiger charge is -2.23. The number of methoxy groups -OCH3 is 1. The summed E-state index contributed by atoms with van der Waals surface area (Å²) in [6.07, 6.45) is -0.0751. The Kier molecular flexibility index (Phi) is 5.47. The lowest BCUT2D eigenvalue weighted by Crippen LogP contribution is -2.32. The largest absolute Gasteiger partial charge is 0.497 e. The van der Waals surface area contributed by atoms with E-state index in [2.05, 4.69) is 22.6 Å². The molecule has 1 unspecified atom stereocenters. The molecule has 2 aliphatic rings. The molecule has 2 saturated heterocycles. The number of ether oxygens (including phenoxy) is 5. The summed E-state index contributed by atoms with van der Waals surface area (Å²) in [5.74, 6) is 0.302. The van der Waals surface area contributed by atoms with Gasteiger partial charge in [-0.2, -0.15) is 0 Å². The average molecular weight is 434 g/mol. The van der Waals surface area contributed by atoms with Crippen molar-refractivity contribution in [2.45, 2.75) is 50.7 Å². The van der Waals surface area contributed by atoms with Gasteiger partial charge in [0.05, 0.1) is 26.4 Å². The molecule has 2 aliphatic heterocycles. The zero-order chi connectivity index (χ0) is 16.4. The summed E-state index contributed by atoms with van der Waals surface area (Å²) in [5, 5.41) is 0. The molecule has 0 amide bonds. The molecule has 0 aromatic heterocycles. The van der Waals surface area contributed by atoms with Gasteiger partial charge in [0.1, 0.15) is 24.1 Å². The molecule has 6 heteroatoms. The molecule has 0 spiro atoms. The van der Waals surface area contributed by atoms with E-state index < -0.39 is 5.79 Å². The second-order valence-electron chi connectivity index (χ2n) is 6.30. The van der Waals surface area contributed by atoms with Crippen LogP contribution in [0.3, 0.4) is 0 Å². The minimum Gasteiger partial charge on any atom is -0.497 e. The highest BCUT2D eigenvalue weighted by atomic mass is 127. The first-order valence-corrected chi connectivity index (χ1v) is 9.33. The Morgan fingerprint density at radius 2 is 1.74 bits per heavy atom. The maximum Gasteiger partial charge on any atom is 0.164 e. The normalized spacial score (nSPS) is 32.0. The molecule has 128 valence electrons. The predicted molar refractivity (Wildman–Crippen MR) is 94.0 cm³/mol. The highest BCUT2D eigenvalue weighted by Crippen LogP contribution is 2.39. The van der Waals surface area contributed by atoms with Crippen molar-refractivity contribution >= 4 is 22.6 Å². The third kappa shape index (κ3) is 3.99. The zero-order valence-electron chi connectivity index (χ0n) is 13.7. The van der Waals surface area contributed by atoms with Gasteiger partial charge in [-0.05, 0) is 31.5 Å². The van der Waals surface area contributed by atoms with Crippen LogP contribution >= 0.6 is 22.6 Å². The van der Waals surface area contributed by atoms with Crippen LogP contribution in [-0.2, 0) is 25.6 Å². The molecule has 0 radical (unpaired) electrons. The molecule has 5 nitrogen and oxygen atoms in total. The van der Waals surface area contributed by atoms with E-state index in [1.807, 2.05) is 38.1 Å². The van der Waals surface area contributed by atoms with Crippen LogP contribution in [0.2, 0.25) is 0 Å². The number of hydrogen-bond acceptors (Lipinski definition) is 5. The number of fused-ring (bicyclic) bond motifs is 1. The second kappa shape index (κ2) is 7.23. The topological polar surface area (TPSA) is 46.2 Å². The van der Waals surface area contributed by atoms with Crippen molar-refractivity contribution in [3.8, 4) is 5.75 Å². The van der Waals surface area contributed by atoms with Crippen LogP contribution in [0.25, 0.3) is 0 Å². The Morgan fingerprint density at radius 1 is 1.09 bits per heavy atom. The average Bonchev–Trinajstić information content (AvgIpc) is 3.01. The van der Waals surface area contributed by atoms with Gasteiger partial charge in [-0.1, -0.05) is 34.7 Å². The van der Waals surface area contributed by atoms with E-state index in [1.54, 1.807) is 7.11 Å². The second-order valence-corrected chi connectivity index (χ2v) is 7.18. The van der Waals surface area contributed by atoms with E-state index in [4.69, 9.17) is 23.7 Å². The summed E-state index contributed by atoms with van der Waals surface area (Å²) < 4.78 is 29.9. The summed E-state index contributed by atoms with van der Waals surface area (Å²) in [4.78, 5) is 0. The molecule has 0 saturated carbocycles. The lowest BCUT2D eigenvalue weighted by molar-refractivity contribution is -0.189. The van der Waals surface area contributed by atoms with E-state index in [0.717, 1.165) is 15.7 Å². The van der Waals surface area contributed by atoms with Crippen molar-refractivity contribution < 1.29 is 23.7 Å². The van der Waals surface area contributed by atoms with E-state index >= 15 is 0 Å². The van der Waals surface area contributed by atoms with E-state index in [1.165, 1.54) is 0 Å². The first-order valence-electron chi connectivity index (χ1n) is 7.80. The molecule has 0 N–H and O–H groups in total. The summed E-state index contributed by atoms with van der Waals surface area (Å²) in [5.41, 5.74) is 1.11. The highest BCUT2D eigenvalue weighted by Gasteiger charge is 2.54. The van der Waals surface area contributed by atoms with Crippen molar-refractivity contribution in [2.24, 2.45) is 0 Å². The number of hydrogen-bond donors (Lipinski definition) is 0. The van der Waals surface area contributed by atoms with Crippen LogP contribution < -0.4 is 4.74 Å². The van der Waals surface area contributed by atoms with E-state index in [-0.39, 0.29) is 24.4 Å². The van der Waals surface area contributed by atoms with Crippen molar-refractivity contribution in [3.63, 3.8) is 0 Å². The van der Waals surface area contributed by atoms with Gasteiger partial charge < -0.3 is 23.7 Å². The van der Waals surface area contributed by atoms with Gasteiger partial charge in [0.15, 0.2) is 5.79 Å². The summed E-state index contributed by atoms with van der Waals surface area (Å²) in [6.45, 7) is 4.94. The molecule has 2 fully saturated rings. The monoisotopic (exact) mass is 434 g/mol. The smallest absolute Gasteiger partial charge is 0.164 e. The van der Waals surface area contributed by atoms with Crippen LogP contribution in [0.15, 0.2) is 24.3 Å². The molecule has 4 atom stereocenters. The molecule has 23 heavy (non-hydrogen) atoms. The first-order chi connectivity index (χ1) is 11.0. The Hall–Kier alpha value is -0.410. The van der Waals surface area contributed by atoms with Gasteiger partial charge in [0.25, 0.3) is 0 Å². The molecule has 1 aromatic rings. The van der Waals surface area contributed by atoms with E-state index in [0.29, 0.717) is 13.2 Å². The van der Waals surface area contributed by atoms with Gasteiger partial charge in [-0.15, -0.1) is 0 Å². The Balaban J connectivity index is 1.53. The molecular weight excluding hydrogens is 411 g/mol. The Bertz CT molecular complexity index is 518. The summed E-state index contributed by atoms with van der Waals surface area (Å²) >= 11 is 2.33. The predicted octanol–water partition coefficient (Wildman–Crippen LogP) is 2.93. The number of halogens is 1. The van der Waals surface area contributed by atoms with Crippen LogP contribution in [0.5, 0.6) is 5.75 Å². The summed E-state index contributed by atoms with van der Waals surface area (Å²) in [6, 6.07) is 7.87. The third-order valence-electron chi connectivity index (χ3n) is 4.11. The SMILES string of the molecule is COc1ccc(COC[C@H]2OC(CI)[C@H]3OC(C)(C)O[C@H]32)cc1. The molecule has 2 heterocycles. The van der Waals surface area contributed by atoms with Crippen LogP contribution in [0.4, 0.5) is 0 Å². The molecule has 1 aromatic carbocycles. The maximum atomic E-state index is 6.04. The lowest BCUT2D eigenvalue weighted by atomic mass is 10.1. The molecule has 0 aliphatic carbocycles. The standard InChI is InChI=1S/C17H23IO5/c1-17(2)22-15-13(8-18)21-14(16(15)23-17)10-20-9-11-4-6-12(19-3)7-5-11/h4-7,13-16H,8-10H2,1-3H3/t13?,14-,15-,16+/m1/s1. The third-order valence-corrected chi connectivity index (χ3v) is 4.98. The van der Waals surface area contributed by atoms with Crippen LogP contribution in [-0.4, -0.2) is 48.3 Å². The van der Waals surface area contributed by atoms with Gasteiger partial charge in [-0.25, -0.2) is 0 Å². The minimum absolute atomic E-state index is 0.00325. The highest BCUT2D eigenvalue weighted by molar-refractivity contribution is 14.1. The fourth-order valence-corrected chi connectivity index (χ4v) is 3.75. The van der Waals surface area contributed by atoms with Crippen LogP contribution in [0.1, 0.15) is 19.4 Å². The van der Waals surface area contributed by atoms with Crippen molar-refractivity contribution in [1.82, 2.24) is 0 Å². The summed E-state index contributed by atoms with van der Waals surface area (Å²) in [7, 11) is 1.66. The van der Waals surface area contributed by atoms with Gasteiger partial charge in [0.2, 0.25) is 0 Å².